The molecule has 0 N–H and O–H groups in total. The lowest BCUT2D eigenvalue weighted by molar-refractivity contribution is -0.167. The highest BCUT2D eigenvalue weighted by Gasteiger charge is 2.19. The predicted octanol–water partition coefficient (Wildman–Crippen LogP) is 15.7. The minimum absolute atomic E-state index is 0.0801. The van der Waals surface area contributed by atoms with Gasteiger partial charge in [0, 0.05) is 19.3 Å². The first kappa shape index (κ1) is 55.1. The van der Waals surface area contributed by atoms with E-state index in [1.54, 1.807) is 0 Å². The van der Waals surface area contributed by atoms with Gasteiger partial charge in [-0.15, -0.1) is 0 Å². The van der Waals surface area contributed by atoms with Crippen molar-refractivity contribution in [1.29, 1.82) is 0 Å². The van der Waals surface area contributed by atoms with E-state index >= 15 is 0 Å². The largest absolute Gasteiger partial charge is 0.462 e. The monoisotopic (exact) mass is 811 g/mol. The maximum absolute atomic E-state index is 12.7. The summed E-state index contributed by atoms with van der Waals surface area (Å²) in [6.07, 6.45) is 56.5. The number of carbonyl (C=O) groups excluding carboxylic acids is 3. The van der Waals surface area contributed by atoms with E-state index in [9.17, 15) is 14.4 Å². The molecule has 6 heteroatoms. The van der Waals surface area contributed by atoms with Gasteiger partial charge in [-0.3, -0.25) is 14.4 Å². The number of rotatable bonds is 43. The summed E-state index contributed by atoms with van der Waals surface area (Å²) in [5.41, 5.74) is 0. The second kappa shape index (κ2) is 46.8. The van der Waals surface area contributed by atoms with Crippen molar-refractivity contribution in [2.45, 2.75) is 239 Å². The smallest absolute Gasteiger partial charge is 0.306 e. The molecule has 0 aliphatic heterocycles. The first-order valence-electron chi connectivity index (χ1n) is 24.3. The van der Waals surface area contributed by atoms with E-state index in [0.717, 1.165) is 103 Å². The maximum Gasteiger partial charge on any atom is 0.306 e. The van der Waals surface area contributed by atoms with Crippen molar-refractivity contribution in [1.82, 2.24) is 0 Å². The van der Waals surface area contributed by atoms with Gasteiger partial charge in [0.2, 0.25) is 0 Å². The summed E-state index contributed by atoms with van der Waals surface area (Å²) in [5, 5.41) is 0. The lowest BCUT2D eigenvalue weighted by atomic mass is 10.1. The van der Waals surface area contributed by atoms with Gasteiger partial charge in [0.15, 0.2) is 6.10 Å². The Morgan fingerprint density at radius 3 is 1.09 bits per heavy atom. The van der Waals surface area contributed by atoms with Crippen LogP contribution in [0.1, 0.15) is 233 Å². The normalized spacial score (nSPS) is 12.5. The standard InChI is InChI=1S/C52H90O6/c1-4-7-10-13-16-18-20-22-23-24-25-26-27-28-29-31-32-34-36-39-42-45-51(54)57-48-49(47-56-50(53)44-41-38-15-12-9-6-3)58-52(55)46-43-40-37-35-33-30-21-19-17-14-11-8-5-2/h7,10,16,18-19,21-23,25-26,49H,4-6,8-9,11-15,17,20,24,27-48H2,1-3H3/b10-7-,18-16-,21-19-,23-22-,26-25-. The van der Waals surface area contributed by atoms with E-state index < -0.39 is 6.10 Å². The first-order chi connectivity index (χ1) is 28.5. The number of carbonyl (C=O) groups is 3. The summed E-state index contributed by atoms with van der Waals surface area (Å²) in [7, 11) is 0. The summed E-state index contributed by atoms with van der Waals surface area (Å²) in [5.74, 6) is -0.907. The molecule has 0 fully saturated rings. The second-order valence-electron chi connectivity index (χ2n) is 16.0. The van der Waals surface area contributed by atoms with Gasteiger partial charge < -0.3 is 14.2 Å². The molecule has 0 saturated heterocycles. The van der Waals surface area contributed by atoms with Gasteiger partial charge in [0.1, 0.15) is 13.2 Å². The average Bonchev–Trinajstić information content (AvgIpc) is 3.22. The van der Waals surface area contributed by atoms with E-state index in [-0.39, 0.29) is 31.1 Å². The summed E-state index contributed by atoms with van der Waals surface area (Å²) >= 11 is 0. The van der Waals surface area contributed by atoms with Crippen LogP contribution in [0.2, 0.25) is 0 Å². The molecule has 0 spiro atoms. The van der Waals surface area contributed by atoms with Crippen molar-refractivity contribution in [2.75, 3.05) is 13.2 Å². The fourth-order valence-electron chi connectivity index (χ4n) is 6.60. The summed E-state index contributed by atoms with van der Waals surface area (Å²) in [6.45, 7) is 6.43. The third kappa shape index (κ3) is 44.2. The minimum Gasteiger partial charge on any atom is -0.462 e. The third-order valence-corrected chi connectivity index (χ3v) is 10.3. The zero-order valence-corrected chi connectivity index (χ0v) is 38.0. The molecule has 334 valence electrons. The zero-order chi connectivity index (χ0) is 42.3. The zero-order valence-electron chi connectivity index (χ0n) is 38.0. The molecule has 0 aliphatic carbocycles. The highest BCUT2D eigenvalue weighted by molar-refractivity contribution is 5.71. The van der Waals surface area contributed by atoms with Crippen molar-refractivity contribution < 1.29 is 28.6 Å². The van der Waals surface area contributed by atoms with Crippen LogP contribution in [0.25, 0.3) is 0 Å². The van der Waals surface area contributed by atoms with Gasteiger partial charge in [0.25, 0.3) is 0 Å². The lowest BCUT2D eigenvalue weighted by Crippen LogP contribution is -2.30. The van der Waals surface area contributed by atoms with E-state index in [0.29, 0.717) is 19.3 Å². The quantitative estimate of drug-likeness (QED) is 0.0264. The van der Waals surface area contributed by atoms with E-state index in [1.807, 2.05) is 0 Å². The van der Waals surface area contributed by atoms with Gasteiger partial charge >= 0.3 is 17.9 Å². The van der Waals surface area contributed by atoms with Gasteiger partial charge in [-0.2, -0.15) is 0 Å². The Labute approximate surface area is 358 Å². The van der Waals surface area contributed by atoms with Crippen LogP contribution in [0.3, 0.4) is 0 Å². The van der Waals surface area contributed by atoms with Crippen LogP contribution in [0.5, 0.6) is 0 Å². The number of ether oxygens (including phenoxy) is 3. The average molecular weight is 811 g/mol. The van der Waals surface area contributed by atoms with Crippen LogP contribution >= 0.6 is 0 Å². The Balaban J connectivity index is 4.22. The molecule has 0 aromatic rings. The Bertz CT molecular complexity index is 1070. The van der Waals surface area contributed by atoms with Gasteiger partial charge in [-0.05, 0) is 83.5 Å². The maximum atomic E-state index is 12.7. The summed E-state index contributed by atoms with van der Waals surface area (Å²) in [4.78, 5) is 37.6. The molecule has 1 unspecified atom stereocenters. The van der Waals surface area contributed by atoms with Crippen LogP contribution < -0.4 is 0 Å². The van der Waals surface area contributed by atoms with Crippen molar-refractivity contribution in [2.24, 2.45) is 0 Å². The Hall–Kier alpha value is -2.89. The molecular weight excluding hydrogens is 721 g/mol. The van der Waals surface area contributed by atoms with E-state index in [4.69, 9.17) is 14.2 Å². The van der Waals surface area contributed by atoms with Gasteiger partial charge in [0.05, 0.1) is 0 Å². The highest BCUT2D eigenvalue weighted by atomic mass is 16.6. The second-order valence-corrected chi connectivity index (χ2v) is 16.0. The molecule has 0 rings (SSSR count). The van der Waals surface area contributed by atoms with Gasteiger partial charge in [-0.25, -0.2) is 0 Å². The first-order valence-corrected chi connectivity index (χ1v) is 24.3. The fraction of sp³-hybridized carbons (Fsp3) is 0.750. The molecule has 0 bridgehead atoms. The number of allylic oxidation sites excluding steroid dienone is 10. The van der Waals surface area contributed by atoms with Crippen LogP contribution in [0.4, 0.5) is 0 Å². The Kier molecular flexibility index (Phi) is 44.5. The van der Waals surface area contributed by atoms with Crippen LogP contribution in [-0.2, 0) is 28.6 Å². The SMILES string of the molecule is CC/C=C\C/C=C\C/C=C\C/C=C\CCCCCCCCCCC(=O)OCC(COC(=O)CCCCCCCC)OC(=O)CCCCCCC/C=C\CCCCCC. The number of unbranched alkanes of at least 4 members (excludes halogenated alkanes) is 22. The summed E-state index contributed by atoms with van der Waals surface area (Å²) in [6, 6.07) is 0. The number of hydrogen-bond donors (Lipinski definition) is 0. The predicted molar refractivity (Wildman–Crippen MR) is 247 cm³/mol. The molecule has 0 saturated carbocycles. The van der Waals surface area contributed by atoms with Crippen LogP contribution in [0, 0.1) is 0 Å². The topological polar surface area (TPSA) is 78.9 Å². The fourth-order valence-corrected chi connectivity index (χ4v) is 6.60. The molecule has 58 heavy (non-hydrogen) atoms. The molecule has 0 radical (unpaired) electrons. The summed E-state index contributed by atoms with van der Waals surface area (Å²) < 4.78 is 16.7. The molecule has 0 aromatic carbocycles. The minimum atomic E-state index is -0.776. The molecule has 0 aliphatic rings. The lowest BCUT2D eigenvalue weighted by Gasteiger charge is -2.18. The van der Waals surface area contributed by atoms with Crippen molar-refractivity contribution >= 4 is 17.9 Å². The van der Waals surface area contributed by atoms with Gasteiger partial charge in [-0.1, -0.05) is 191 Å². The molecule has 0 heterocycles. The molecule has 6 nitrogen and oxygen atoms in total. The van der Waals surface area contributed by atoms with Crippen molar-refractivity contribution in [3.8, 4) is 0 Å². The van der Waals surface area contributed by atoms with Crippen molar-refractivity contribution in [3.63, 3.8) is 0 Å². The molecular formula is C52H90O6. The number of esters is 3. The van der Waals surface area contributed by atoms with Crippen LogP contribution in [-0.4, -0.2) is 37.2 Å². The Morgan fingerprint density at radius 2 is 0.672 bits per heavy atom. The van der Waals surface area contributed by atoms with Crippen LogP contribution in [0.15, 0.2) is 60.8 Å². The third-order valence-electron chi connectivity index (χ3n) is 10.3. The Morgan fingerprint density at radius 1 is 0.362 bits per heavy atom. The van der Waals surface area contributed by atoms with E-state index in [1.165, 1.54) is 89.9 Å². The molecule has 1 atom stereocenters. The highest BCUT2D eigenvalue weighted by Crippen LogP contribution is 2.14. The molecule has 0 amide bonds. The number of hydrogen-bond acceptors (Lipinski definition) is 6. The van der Waals surface area contributed by atoms with Crippen molar-refractivity contribution in [3.05, 3.63) is 60.8 Å². The van der Waals surface area contributed by atoms with E-state index in [2.05, 4.69) is 81.5 Å². The molecule has 0 aromatic heterocycles.